The second-order valence-electron chi connectivity index (χ2n) is 5.43. The van der Waals surface area contributed by atoms with Crippen molar-refractivity contribution in [1.82, 2.24) is 10.2 Å². The Morgan fingerprint density at radius 2 is 1.71 bits per heavy atom. The van der Waals surface area contributed by atoms with Crippen LogP contribution >= 0.6 is 0 Å². The topological polar surface area (TPSA) is 58.4 Å². The molecular formula is C17H29N3O. The number of hydrogen-bond donors (Lipinski definition) is 2. The van der Waals surface area contributed by atoms with Crippen LogP contribution in [0.2, 0.25) is 0 Å². The highest BCUT2D eigenvalue weighted by Crippen LogP contribution is 2.07. The Hall–Kier alpha value is -1.39. The average Bonchev–Trinajstić information content (AvgIpc) is 2.51. The highest BCUT2D eigenvalue weighted by Gasteiger charge is 2.07. The predicted molar refractivity (Wildman–Crippen MR) is 87.8 cm³/mol. The maximum absolute atomic E-state index is 11.7. The molecule has 0 aromatic heterocycles. The molecule has 1 amide bonds. The highest BCUT2D eigenvalue weighted by molar-refractivity contribution is 5.76. The van der Waals surface area contributed by atoms with Crippen LogP contribution in [0.4, 0.5) is 0 Å². The summed E-state index contributed by atoms with van der Waals surface area (Å²) in [6.45, 7) is 10.0. The Labute approximate surface area is 128 Å². The Bertz CT molecular complexity index is 413. The van der Waals surface area contributed by atoms with Crippen LogP contribution in [0.25, 0.3) is 0 Å². The zero-order valence-electron chi connectivity index (χ0n) is 13.6. The molecule has 4 nitrogen and oxygen atoms in total. The van der Waals surface area contributed by atoms with Crippen molar-refractivity contribution < 1.29 is 4.79 Å². The number of carbonyl (C=O) groups is 1. The van der Waals surface area contributed by atoms with E-state index < -0.39 is 0 Å². The van der Waals surface area contributed by atoms with Crippen molar-refractivity contribution in [2.45, 2.75) is 52.7 Å². The maximum Gasteiger partial charge on any atom is 0.221 e. The Morgan fingerprint density at radius 3 is 2.24 bits per heavy atom. The molecule has 0 saturated carbocycles. The molecule has 1 aromatic rings. The number of nitrogens with one attached hydrogen (secondary N) is 1. The third-order valence-electron chi connectivity index (χ3n) is 3.79. The molecule has 4 heteroatoms. The van der Waals surface area contributed by atoms with Crippen LogP contribution in [0.15, 0.2) is 24.3 Å². The summed E-state index contributed by atoms with van der Waals surface area (Å²) in [6.07, 6.45) is 1.23. The first-order valence-electron chi connectivity index (χ1n) is 7.91. The van der Waals surface area contributed by atoms with Crippen LogP contribution in [0, 0.1) is 0 Å². The van der Waals surface area contributed by atoms with E-state index in [2.05, 4.69) is 48.3 Å². The highest BCUT2D eigenvalue weighted by atomic mass is 16.1. The van der Waals surface area contributed by atoms with Crippen molar-refractivity contribution >= 4 is 5.91 Å². The zero-order chi connectivity index (χ0) is 15.7. The van der Waals surface area contributed by atoms with Gasteiger partial charge in [-0.2, -0.15) is 0 Å². The van der Waals surface area contributed by atoms with E-state index in [4.69, 9.17) is 5.73 Å². The van der Waals surface area contributed by atoms with Gasteiger partial charge in [0, 0.05) is 25.6 Å². The minimum absolute atomic E-state index is 0.0246. The molecule has 0 radical (unpaired) electrons. The van der Waals surface area contributed by atoms with E-state index >= 15 is 0 Å². The van der Waals surface area contributed by atoms with E-state index in [9.17, 15) is 4.79 Å². The molecule has 1 atom stereocenters. The van der Waals surface area contributed by atoms with Crippen LogP contribution in [0.3, 0.4) is 0 Å². The van der Waals surface area contributed by atoms with Gasteiger partial charge in [0.25, 0.3) is 0 Å². The SMILES string of the molecule is CCC(N)CC(=O)NCc1ccc(CN(CC)CC)cc1. The molecule has 3 N–H and O–H groups in total. The Balaban J connectivity index is 2.42. The van der Waals surface area contributed by atoms with E-state index in [0.717, 1.165) is 31.6 Å². The molecule has 0 saturated heterocycles. The summed E-state index contributed by atoms with van der Waals surface area (Å²) >= 11 is 0. The second kappa shape index (κ2) is 9.53. The monoisotopic (exact) mass is 291 g/mol. The fourth-order valence-corrected chi connectivity index (χ4v) is 2.12. The van der Waals surface area contributed by atoms with Gasteiger partial charge in [-0.15, -0.1) is 0 Å². The third-order valence-corrected chi connectivity index (χ3v) is 3.79. The molecule has 1 rings (SSSR count). The van der Waals surface area contributed by atoms with Crippen molar-refractivity contribution in [1.29, 1.82) is 0 Å². The first-order valence-corrected chi connectivity index (χ1v) is 7.91. The second-order valence-corrected chi connectivity index (χ2v) is 5.43. The van der Waals surface area contributed by atoms with Gasteiger partial charge in [0.05, 0.1) is 0 Å². The molecular weight excluding hydrogens is 262 g/mol. The Morgan fingerprint density at radius 1 is 1.14 bits per heavy atom. The lowest BCUT2D eigenvalue weighted by Crippen LogP contribution is -2.30. The van der Waals surface area contributed by atoms with Crippen LogP contribution < -0.4 is 11.1 Å². The first kappa shape index (κ1) is 17.7. The van der Waals surface area contributed by atoms with Crippen molar-refractivity contribution in [3.8, 4) is 0 Å². The zero-order valence-corrected chi connectivity index (χ0v) is 13.6. The van der Waals surface area contributed by atoms with Crippen molar-refractivity contribution in [3.05, 3.63) is 35.4 Å². The quantitative estimate of drug-likeness (QED) is 0.734. The number of hydrogen-bond acceptors (Lipinski definition) is 3. The smallest absolute Gasteiger partial charge is 0.221 e. The number of nitrogens with two attached hydrogens (primary N) is 1. The molecule has 1 unspecified atom stereocenters. The van der Waals surface area contributed by atoms with Gasteiger partial charge in [-0.1, -0.05) is 45.0 Å². The van der Waals surface area contributed by atoms with Gasteiger partial charge in [-0.25, -0.2) is 0 Å². The molecule has 0 bridgehead atoms. The number of nitrogens with zero attached hydrogens (tertiary/aromatic N) is 1. The first-order chi connectivity index (χ1) is 10.1. The lowest BCUT2D eigenvalue weighted by atomic mass is 10.1. The van der Waals surface area contributed by atoms with Crippen LogP contribution in [0.5, 0.6) is 0 Å². The fourth-order valence-electron chi connectivity index (χ4n) is 2.12. The average molecular weight is 291 g/mol. The van der Waals surface area contributed by atoms with Gasteiger partial charge in [0.2, 0.25) is 5.91 Å². The van der Waals surface area contributed by atoms with Gasteiger partial charge in [0.15, 0.2) is 0 Å². The van der Waals surface area contributed by atoms with E-state index in [1.165, 1.54) is 5.56 Å². The minimum atomic E-state index is -0.0403. The van der Waals surface area contributed by atoms with Crippen molar-refractivity contribution in [3.63, 3.8) is 0 Å². The summed E-state index contributed by atoms with van der Waals surface area (Å²) in [5.74, 6) is 0.0246. The summed E-state index contributed by atoms with van der Waals surface area (Å²) in [4.78, 5) is 14.1. The molecule has 1 aromatic carbocycles. The summed E-state index contributed by atoms with van der Waals surface area (Å²) in [6, 6.07) is 8.40. The minimum Gasteiger partial charge on any atom is -0.352 e. The van der Waals surface area contributed by atoms with E-state index in [1.807, 2.05) is 6.92 Å². The summed E-state index contributed by atoms with van der Waals surface area (Å²) < 4.78 is 0. The lowest BCUT2D eigenvalue weighted by molar-refractivity contribution is -0.121. The van der Waals surface area contributed by atoms with E-state index in [0.29, 0.717) is 13.0 Å². The van der Waals surface area contributed by atoms with Crippen molar-refractivity contribution in [2.75, 3.05) is 13.1 Å². The fraction of sp³-hybridized carbons (Fsp3) is 0.588. The molecule has 0 spiro atoms. The van der Waals surface area contributed by atoms with Gasteiger partial charge < -0.3 is 11.1 Å². The summed E-state index contributed by atoms with van der Waals surface area (Å²) in [7, 11) is 0. The molecule has 0 aliphatic carbocycles. The normalized spacial score (nSPS) is 12.4. The third kappa shape index (κ3) is 6.74. The lowest BCUT2D eigenvalue weighted by Gasteiger charge is -2.18. The van der Waals surface area contributed by atoms with E-state index in [1.54, 1.807) is 0 Å². The van der Waals surface area contributed by atoms with Crippen molar-refractivity contribution in [2.24, 2.45) is 5.73 Å². The Kier molecular flexibility index (Phi) is 8.01. The summed E-state index contributed by atoms with van der Waals surface area (Å²) in [5, 5.41) is 2.92. The van der Waals surface area contributed by atoms with E-state index in [-0.39, 0.29) is 11.9 Å². The molecule has 0 fully saturated rings. The molecule has 0 aliphatic heterocycles. The van der Waals surface area contributed by atoms with Gasteiger partial charge in [0.1, 0.15) is 0 Å². The van der Waals surface area contributed by atoms with Crippen LogP contribution in [-0.2, 0) is 17.9 Å². The molecule has 21 heavy (non-hydrogen) atoms. The van der Waals surface area contributed by atoms with Gasteiger partial charge in [-0.05, 0) is 30.6 Å². The van der Waals surface area contributed by atoms with Crippen LogP contribution in [0.1, 0.15) is 44.7 Å². The number of benzene rings is 1. The van der Waals surface area contributed by atoms with Gasteiger partial charge in [-0.3, -0.25) is 9.69 Å². The number of rotatable bonds is 9. The predicted octanol–water partition coefficient (Wildman–Crippen LogP) is 2.27. The number of amides is 1. The van der Waals surface area contributed by atoms with Crippen LogP contribution in [-0.4, -0.2) is 29.9 Å². The maximum atomic E-state index is 11.7. The van der Waals surface area contributed by atoms with Gasteiger partial charge >= 0.3 is 0 Å². The molecule has 0 aliphatic rings. The standard InChI is InChI=1S/C17H29N3O/c1-4-16(18)11-17(21)19-12-14-7-9-15(10-8-14)13-20(5-2)6-3/h7-10,16H,4-6,11-13,18H2,1-3H3,(H,19,21). The number of carbonyl (C=O) groups excluding carboxylic acids is 1. The largest absolute Gasteiger partial charge is 0.352 e. The summed E-state index contributed by atoms with van der Waals surface area (Å²) in [5.41, 5.74) is 8.20. The molecule has 0 heterocycles. The molecule has 118 valence electrons.